The lowest BCUT2D eigenvalue weighted by Crippen LogP contribution is -2.59. The second-order valence-corrected chi connectivity index (χ2v) is 5.40. The highest BCUT2D eigenvalue weighted by molar-refractivity contribution is 5.24. The van der Waals surface area contributed by atoms with Gasteiger partial charge in [0, 0.05) is 0 Å². The fourth-order valence-electron chi connectivity index (χ4n) is 1.82. The molecule has 132 valence electrons. The molecule has 0 amide bonds. The minimum Gasteiger partial charge on any atom is -0.373 e. The molecule has 0 heterocycles. The summed E-state index contributed by atoms with van der Waals surface area (Å²) in [6.07, 6.45) is -10.8. The molecule has 0 saturated heterocycles. The lowest BCUT2D eigenvalue weighted by atomic mass is 9.98. The van der Waals surface area contributed by atoms with Crippen molar-refractivity contribution in [2.75, 3.05) is 6.61 Å². The maximum absolute atomic E-state index is 12.5. The molecule has 1 aromatic carbocycles. The normalized spacial score (nSPS) is 14.8. The van der Waals surface area contributed by atoms with E-state index in [1.807, 2.05) is 13.8 Å². The van der Waals surface area contributed by atoms with E-state index in [0.717, 1.165) is 12.0 Å². The van der Waals surface area contributed by atoms with Crippen LogP contribution in [0.1, 0.15) is 37.3 Å². The van der Waals surface area contributed by atoms with E-state index in [-0.39, 0.29) is 0 Å². The zero-order valence-corrected chi connectivity index (χ0v) is 12.6. The van der Waals surface area contributed by atoms with Gasteiger partial charge in [0.2, 0.25) is 0 Å². The van der Waals surface area contributed by atoms with Gasteiger partial charge in [-0.05, 0) is 23.5 Å². The highest BCUT2D eigenvalue weighted by atomic mass is 19.4. The summed E-state index contributed by atoms with van der Waals surface area (Å²) in [5.41, 5.74) is -3.45. The molecule has 0 aliphatic heterocycles. The SMILES string of the molecule is CCC(C)c1ccc(COCC(O)(C(F)(F)F)C(F)(F)F)cc1. The second kappa shape index (κ2) is 7.09. The van der Waals surface area contributed by atoms with Crippen LogP contribution in [0.4, 0.5) is 26.3 Å². The van der Waals surface area contributed by atoms with Crippen LogP contribution >= 0.6 is 0 Å². The minimum absolute atomic E-state index is 0.297. The number of halogens is 6. The van der Waals surface area contributed by atoms with Crippen LogP contribution in [0.5, 0.6) is 0 Å². The zero-order valence-electron chi connectivity index (χ0n) is 12.6. The first-order valence-electron chi connectivity index (χ1n) is 6.94. The van der Waals surface area contributed by atoms with Crippen LogP contribution < -0.4 is 0 Å². The fraction of sp³-hybridized carbons (Fsp3) is 0.600. The van der Waals surface area contributed by atoms with E-state index in [1.54, 1.807) is 24.3 Å². The maximum Gasteiger partial charge on any atom is 0.428 e. The molecular formula is C15H18F6O2. The molecule has 0 radical (unpaired) electrons. The van der Waals surface area contributed by atoms with Gasteiger partial charge in [-0.25, -0.2) is 0 Å². The predicted octanol–water partition coefficient (Wildman–Crippen LogP) is 4.57. The number of ether oxygens (including phenoxy) is 1. The molecule has 1 N–H and O–H groups in total. The number of hydrogen-bond acceptors (Lipinski definition) is 2. The summed E-state index contributed by atoms with van der Waals surface area (Å²) >= 11 is 0. The van der Waals surface area contributed by atoms with Crippen molar-refractivity contribution < 1.29 is 36.2 Å². The Morgan fingerprint density at radius 1 is 1.00 bits per heavy atom. The van der Waals surface area contributed by atoms with E-state index < -0.39 is 31.2 Å². The summed E-state index contributed by atoms with van der Waals surface area (Å²) < 4.78 is 79.2. The first kappa shape index (κ1) is 19.8. The van der Waals surface area contributed by atoms with Gasteiger partial charge in [-0.15, -0.1) is 0 Å². The lowest BCUT2D eigenvalue weighted by Gasteiger charge is -2.31. The Bertz CT molecular complexity index is 478. The number of benzene rings is 1. The molecule has 0 aromatic heterocycles. The van der Waals surface area contributed by atoms with Crippen LogP contribution in [0, 0.1) is 0 Å². The number of hydrogen-bond donors (Lipinski definition) is 1. The van der Waals surface area contributed by atoms with Crippen molar-refractivity contribution >= 4 is 0 Å². The Morgan fingerprint density at radius 2 is 1.48 bits per heavy atom. The first-order valence-corrected chi connectivity index (χ1v) is 6.94. The summed E-state index contributed by atoms with van der Waals surface area (Å²) in [4.78, 5) is 0. The van der Waals surface area contributed by atoms with Crippen LogP contribution in [0.15, 0.2) is 24.3 Å². The zero-order chi connectivity index (χ0) is 17.9. The van der Waals surface area contributed by atoms with Crippen LogP contribution in [0.3, 0.4) is 0 Å². The standard InChI is InChI=1S/C15H18F6O2/c1-3-10(2)12-6-4-11(5-7-12)8-23-9-13(22,14(16,17)18)15(19,20)21/h4-7,10,22H,3,8-9H2,1-2H3. The second-order valence-electron chi connectivity index (χ2n) is 5.40. The molecule has 8 heteroatoms. The molecule has 0 spiro atoms. The average molecular weight is 344 g/mol. The van der Waals surface area contributed by atoms with Crippen molar-refractivity contribution in [3.63, 3.8) is 0 Å². The molecule has 0 fully saturated rings. The first-order chi connectivity index (χ1) is 10.4. The van der Waals surface area contributed by atoms with Crippen molar-refractivity contribution in [3.05, 3.63) is 35.4 Å². The van der Waals surface area contributed by atoms with Crippen molar-refractivity contribution in [2.24, 2.45) is 0 Å². The van der Waals surface area contributed by atoms with E-state index in [1.165, 1.54) is 0 Å². The molecule has 0 aliphatic carbocycles. The monoisotopic (exact) mass is 344 g/mol. The molecule has 23 heavy (non-hydrogen) atoms. The summed E-state index contributed by atoms with van der Waals surface area (Å²) in [5.74, 6) is 0.297. The van der Waals surface area contributed by atoms with Crippen molar-refractivity contribution in [2.45, 2.75) is 50.7 Å². The number of aliphatic hydroxyl groups is 1. The van der Waals surface area contributed by atoms with E-state index in [2.05, 4.69) is 4.74 Å². The Morgan fingerprint density at radius 3 is 1.87 bits per heavy atom. The van der Waals surface area contributed by atoms with Crippen LogP contribution in [0.2, 0.25) is 0 Å². The van der Waals surface area contributed by atoms with E-state index in [4.69, 9.17) is 5.11 Å². The third kappa shape index (κ3) is 4.60. The van der Waals surface area contributed by atoms with E-state index >= 15 is 0 Å². The molecule has 0 aliphatic rings. The van der Waals surface area contributed by atoms with E-state index in [9.17, 15) is 26.3 Å². The van der Waals surface area contributed by atoms with Gasteiger partial charge >= 0.3 is 12.4 Å². The van der Waals surface area contributed by atoms with Gasteiger partial charge in [0.1, 0.15) is 0 Å². The van der Waals surface area contributed by atoms with Crippen LogP contribution in [-0.2, 0) is 11.3 Å². The third-order valence-electron chi connectivity index (χ3n) is 3.68. The quantitative estimate of drug-likeness (QED) is 0.766. The molecule has 1 unspecified atom stereocenters. The summed E-state index contributed by atoms with van der Waals surface area (Å²) in [6, 6.07) is 6.63. The Labute approximate surface area is 130 Å². The predicted molar refractivity (Wildman–Crippen MR) is 71.9 cm³/mol. The Balaban J connectivity index is 2.71. The average Bonchev–Trinajstić information content (AvgIpc) is 2.44. The van der Waals surface area contributed by atoms with Gasteiger partial charge in [0.25, 0.3) is 5.60 Å². The summed E-state index contributed by atoms with van der Waals surface area (Å²) in [5, 5.41) is 8.94. The molecule has 1 atom stereocenters. The van der Waals surface area contributed by atoms with Gasteiger partial charge in [-0.1, -0.05) is 38.1 Å². The van der Waals surface area contributed by atoms with Crippen molar-refractivity contribution in [1.29, 1.82) is 0 Å². The third-order valence-corrected chi connectivity index (χ3v) is 3.68. The lowest BCUT2D eigenvalue weighted by molar-refractivity contribution is -0.378. The van der Waals surface area contributed by atoms with Gasteiger partial charge in [-0.3, -0.25) is 0 Å². The molecule has 1 aromatic rings. The summed E-state index contributed by atoms with van der Waals surface area (Å²) in [7, 11) is 0. The highest BCUT2D eigenvalue weighted by Gasteiger charge is 2.70. The molecule has 0 saturated carbocycles. The minimum atomic E-state index is -5.87. The molecular weight excluding hydrogens is 326 g/mol. The highest BCUT2D eigenvalue weighted by Crippen LogP contribution is 2.43. The van der Waals surface area contributed by atoms with Gasteiger partial charge in [0.15, 0.2) is 0 Å². The number of rotatable bonds is 6. The molecule has 2 nitrogen and oxygen atoms in total. The molecule has 1 rings (SSSR count). The topological polar surface area (TPSA) is 29.5 Å². The van der Waals surface area contributed by atoms with Gasteiger partial charge < -0.3 is 9.84 Å². The van der Waals surface area contributed by atoms with Gasteiger partial charge in [0.05, 0.1) is 13.2 Å². The van der Waals surface area contributed by atoms with Crippen molar-refractivity contribution in [1.82, 2.24) is 0 Å². The smallest absolute Gasteiger partial charge is 0.373 e. The Kier molecular flexibility index (Phi) is 6.09. The fourth-order valence-corrected chi connectivity index (χ4v) is 1.82. The largest absolute Gasteiger partial charge is 0.428 e. The van der Waals surface area contributed by atoms with E-state index in [0.29, 0.717) is 11.5 Å². The van der Waals surface area contributed by atoms with Crippen molar-refractivity contribution in [3.8, 4) is 0 Å². The maximum atomic E-state index is 12.5. The molecule has 0 bridgehead atoms. The van der Waals surface area contributed by atoms with Crippen LogP contribution in [0.25, 0.3) is 0 Å². The number of alkyl halides is 6. The van der Waals surface area contributed by atoms with Gasteiger partial charge in [-0.2, -0.15) is 26.3 Å². The summed E-state index contributed by atoms with van der Waals surface area (Å²) in [6.45, 7) is 1.62. The van der Waals surface area contributed by atoms with Crippen LogP contribution in [-0.4, -0.2) is 29.7 Å². The Hall–Kier alpha value is -1.28.